The number of hydrogen-bond acceptors (Lipinski definition) is 3. The van der Waals surface area contributed by atoms with Gasteiger partial charge in [0.1, 0.15) is 0 Å². The fourth-order valence-corrected chi connectivity index (χ4v) is 1.96. The minimum Gasteiger partial charge on any atom is -0.466 e. The van der Waals surface area contributed by atoms with Gasteiger partial charge in [-0.1, -0.05) is 6.42 Å². The number of ether oxygens (including phenoxy) is 1. The van der Waals surface area contributed by atoms with Gasteiger partial charge in [0.05, 0.1) is 13.0 Å². The highest BCUT2D eigenvalue weighted by molar-refractivity contribution is 5.69. The van der Waals surface area contributed by atoms with Crippen molar-refractivity contribution < 1.29 is 9.53 Å². The molecule has 0 saturated carbocycles. The number of rotatable bonds is 4. The summed E-state index contributed by atoms with van der Waals surface area (Å²) in [5.41, 5.74) is 0. The van der Waals surface area contributed by atoms with Gasteiger partial charge < -0.3 is 9.64 Å². The predicted octanol–water partition coefficient (Wildman–Crippen LogP) is 1.81. The number of likely N-dealkylation sites (tertiary alicyclic amines) is 1. The van der Waals surface area contributed by atoms with Crippen molar-refractivity contribution in [2.75, 3.05) is 19.7 Å². The molecule has 0 N–H and O–H groups in total. The Labute approximate surface area is 86.4 Å². The first-order chi connectivity index (χ1) is 6.74. The van der Waals surface area contributed by atoms with E-state index in [-0.39, 0.29) is 5.97 Å². The molecule has 1 aliphatic rings. The van der Waals surface area contributed by atoms with Crippen molar-refractivity contribution in [3.8, 4) is 0 Å². The molecule has 14 heavy (non-hydrogen) atoms. The fraction of sp³-hybridized carbons (Fsp3) is 0.909. The van der Waals surface area contributed by atoms with Crippen LogP contribution in [0, 0.1) is 0 Å². The van der Waals surface area contributed by atoms with Crippen molar-refractivity contribution >= 4 is 5.97 Å². The highest BCUT2D eigenvalue weighted by Gasteiger charge is 2.18. The lowest BCUT2D eigenvalue weighted by Gasteiger charge is -2.32. The lowest BCUT2D eigenvalue weighted by Crippen LogP contribution is -2.38. The van der Waals surface area contributed by atoms with E-state index in [1.807, 2.05) is 6.92 Å². The maximum absolute atomic E-state index is 11.1. The molecular formula is C11H21NO2. The monoisotopic (exact) mass is 199 g/mol. The molecule has 0 aromatic heterocycles. The van der Waals surface area contributed by atoms with Crippen LogP contribution in [0.3, 0.4) is 0 Å². The van der Waals surface area contributed by atoms with Gasteiger partial charge >= 0.3 is 5.97 Å². The summed E-state index contributed by atoms with van der Waals surface area (Å²) in [4.78, 5) is 13.5. The Morgan fingerprint density at radius 3 is 2.93 bits per heavy atom. The molecule has 1 fully saturated rings. The third kappa shape index (κ3) is 3.66. The molecule has 0 bridgehead atoms. The Bertz CT molecular complexity index is 182. The van der Waals surface area contributed by atoms with Gasteiger partial charge in [-0.2, -0.15) is 0 Å². The first kappa shape index (κ1) is 11.5. The molecule has 0 unspecified atom stereocenters. The van der Waals surface area contributed by atoms with Crippen LogP contribution in [-0.2, 0) is 9.53 Å². The van der Waals surface area contributed by atoms with Crippen molar-refractivity contribution in [2.45, 2.75) is 45.6 Å². The minimum absolute atomic E-state index is 0.0646. The van der Waals surface area contributed by atoms with E-state index in [2.05, 4.69) is 11.8 Å². The second kappa shape index (κ2) is 6.02. The summed E-state index contributed by atoms with van der Waals surface area (Å²) in [6.45, 7) is 6.58. The summed E-state index contributed by atoms with van der Waals surface area (Å²) >= 11 is 0. The average molecular weight is 199 g/mol. The maximum Gasteiger partial charge on any atom is 0.307 e. The number of esters is 1. The maximum atomic E-state index is 11.1. The molecule has 1 saturated heterocycles. The van der Waals surface area contributed by atoms with Crippen molar-refractivity contribution in [3.05, 3.63) is 0 Å². The largest absolute Gasteiger partial charge is 0.466 e. The first-order valence-electron chi connectivity index (χ1n) is 5.63. The molecule has 0 aromatic carbocycles. The molecule has 3 nitrogen and oxygen atoms in total. The van der Waals surface area contributed by atoms with E-state index >= 15 is 0 Å². The van der Waals surface area contributed by atoms with Crippen LogP contribution in [0.25, 0.3) is 0 Å². The van der Waals surface area contributed by atoms with Crippen LogP contribution in [0.5, 0.6) is 0 Å². The third-order valence-corrected chi connectivity index (χ3v) is 2.85. The fourth-order valence-electron chi connectivity index (χ4n) is 1.96. The van der Waals surface area contributed by atoms with E-state index in [1.54, 1.807) is 0 Å². The van der Waals surface area contributed by atoms with Crippen LogP contribution >= 0.6 is 0 Å². The van der Waals surface area contributed by atoms with Crippen LogP contribution < -0.4 is 0 Å². The zero-order valence-electron chi connectivity index (χ0n) is 9.29. The molecule has 0 aromatic rings. The molecule has 1 aliphatic heterocycles. The lowest BCUT2D eigenvalue weighted by molar-refractivity contribution is -0.143. The third-order valence-electron chi connectivity index (χ3n) is 2.85. The predicted molar refractivity (Wildman–Crippen MR) is 56.1 cm³/mol. The second-order valence-corrected chi connectivity index (χ2v) is 3.94. The normalized spacial score (nSPS) is 23.4. The zero-order valence-corrected chi connectivity index (χ0v) is 9.29. The smallest absolute Gasteiger partial charge is 0.307 e. The van der Waals surface area contributed by atoms with Gasteiger partial charge in [0, 0.05) is 12.6 Å². The Morgan fingerprint density at radius 1 is 1.50 bits per heavy atom. The van der Waals surface area contributed by atoms with Gasteiger partial charge in [-0.05, 0) is 33.2 Å². The molecule has 3 heteroatoms. The van der Waals surface area contributed by atoms with Gasteiger partial charge in [0.15, 0.2) is 0 Å². The van der Waals surface area contributed by atoms with Gasteiger partial charge in [0.25, 0.3) is 0 Å². The van der Waals surface area contributed by atoms with E-state index in [9.17, 15) is 4.79 Å². The van der Waals surface area contributed by atoms with Gasteiger partial charge in [-0.15, -0.1) is 0 Å². The molecule has 82 valence electrons. The van der Waals surface area contributed by atoms with Crippen molar-refractivity contribution in [2.24, 2.45) is 0 Å². The van der Waals surface area contributed by atoms with Crippen LogP contribution in [0.15, 0.2) is 0 Å². The van der Waals surface area contributed by atoms with Gasteiger partial charge in [-0.3, -0.25) is 4.79 Å². The lowest BCUT2D eigenvalue weighted by atomic mass is 10.0. The van der Waals surface area contributed by atoms with E-state index in [4.69, 9.17) is 4.74 Å². The quantitative estimate of drug-likeness (QED) is 0.647. The van der Waals surface area contributed by atoms with Crippen LogP contribution in [0.1, 0.15) is 39.5 Å². The second-order valence-electron chi connectivity index (χ2n) is 3.94. The molecular weight excluding hydrogens is 178 g/mol. The first-order valence-corrected chi connectivity index (χ1v) is 5.63. The van der Waals surface area contributed by atoms with Crippen molar-refractivity contribution in [3.63, 3.8) is 0 Å². The van der Waals surface area contributed by atoms with Crippen molar-refractivity contribution in [1.29, 1.82) is 0 Å². The standard InChI is InChI=1S/C11H21NO2/c1-3-14-11(13)7-9-12-8-5-4-6-10(12)2/h10H,3-9H2,1-2H3/t10-/m1/s1. The molecule has 0 radical (unpaired) electrons. The SMILES string of the molecule is CCOC(=O)CCN1CCCC[C@H]1C. The Hall–Kier alpha value is -0.570. The van der Waals surface area contributed by atoms with Crippen LogP contribution in [-0.4, -0.2) is 36.6 Å². The zero-order chi connectivity index (χ0) is 10.4. The molecule has 1 rings (SSSR count). The Kier molecular flexibility index (Phi) is 4.94. The summed E-state index contributed by atoms with van der Waals surface area (Å²) < 4.78 is 4.90. The van der Waals surface area contributed by atoms with Crippen LogP contribution in [0.4, 0.5) is 0 Å². The van der Waals surface area contributed by atoms with Gasteiger partial charge in [0.2, 0.25) is 0 Å². The average Bonchev–Trinajstić information content (AvgIpc) is 2.17. The highest BCUT2D eigenvalue weighted by atomic mass is 16.5. The Balaban J connectivity index is 2.19. The number of carbonyl (C=O) groups is 1. The number of carbonyl (C=O) groups excluding carboxylic acids is 1. The van der Waals surface area contributed by atoms with Crippen LogP contribution in [0.2, 0.25) is 0 Å². The van der Waals surface area contributed by atoms with E-state index in [1.165, 1.54) is 19.3 Å². The van der Waals surface area contributed by atoms with Gasteiger partial charge in [-0.25, -0.2) is 0 Å². The topological polar surface area (TPSA) is 29.5 Å². The summed E-state index contributed by atoms with van der Waals surface area (Å²) in [5, 5.41) is 0. The minimum atomic E-state index is -0.0646. The Morgan fingerprint density at radius 2 is 2.29 bits per heavy atom. The van der Waals surface area contributed by atoms with Crippen molar-refractivity contribution in [1.82, 2.24) is 4.90 Å². The van der Waals surface area contributed by atoms with E-state index in [0.29, 0.717) is 19.1 Å². The molecule has 0 amide bonds. The summed E-state index contributed by atoms with van der Waals surface area (Å²) in [6, 6.07) is 0.637. The molecule has 0 spiro atoms. The highest BCUT2D eigenvalue weighted by Crippen LogP contribution is 2.16. The number of piperidine rings is 1. The summed E-state index contributed by atoms with van der Waals surface area (Å²) in [6.07, 6.45) is 4.41. The summed E-state index contributed by atoms with van der Waals surface area (Å²) in [5.74, 6) is -0.0646. The molecule has 1 atom stereocenters. The number of nitrogens with zero attached hydrogens (tertiary/aromatic N) is 1. The van der Waals surface area contributed by atoms with E-state index < -0.39 is 0 Å². The number of hydrogen-bond donors (Lipinski definition) is 0. The van der Waals surface area contributed by atoms with E-state index in [0.717, 1.165) is 13.1 Å². The summed E-state index contributed by atoms with van der Waals surface area (Å²) in [7, 11) is 0. The molecule has 1 heterocycles. The molecule has 0 aliphatic carbocycles.